The van der Waals surface area contributed by atoms with Crippen LogP contribution in [0.15, 0.2) is 40.5 Å². The van der Waals surface area contributed by atoms with Gasteiger partial charge in [-0.05, 0) is 23.3 Å². The molecule has 0 amide bonds. The zero-order chi connectivity index (χ0) is 16.0. The second-order valence-electron chi connectivity index (χ2n) is 6.03. The van der Waals surface area contributed by atoms with Crippen molar-refractivity contribution in [2.24, 2.45) is 5.92 Å². The highest BCUT2D eigenvalue weighted by molar-refractivity contribution is 7.17. The van der Waals surface area contributed by atoms with Crippen molar-refractivity contribution in [3.63, 3.8) is 0 Å². The lowest BCUT2D eigenvalue weighted by atomic mass is 10.0. The molecule has 0 atom stereocenters. The number of H-pyrrole nitrogens is 1. The highest BCUT2D eigenvalue weighted by Crippen LogP contribution is 2.29. The maximum Gasteiger partial charge on any atom is 0.349 e. The Kier molecular flexibility index (Phi) is 3.27. The van der Waals surface area contributed by atoms with Gasteiger partial charge in [-0.2, -0.15) is 4.52 Å². The van der Waals surface area contributed by atoms with E-state index in [2.05, 4.69) is 34.3 Å². The van der Waals surface area contributed by atoms with Gasteiger partial charge < -0.3 is 0 Å². The highest BCUT2D eigenvalue weighted by atomic mass is 32.1. The molecule has 6 heteroatoms. The van der Waals surface area contributed by atoms with E-state index in [1.54, 1.807) is 11.3 Å². The van der Waals surface area contributed by atoms with Crippen molar-refractivity contribution in [1.82, 2.24) is 19.6 Å². The predicted octanol–water partition coefficient (Wildman–Crippen LogP) is 3.50. The average molecular weight is 324 g/mol. The minimum absolute atomic E-state index is 0.250. The fraction of sp³-hybridized carbons (Fsp3) is 0.235. The van der Waals surface area contributed by atoms with E-state index in [0.717, 1.165) is 22.2 Å². The summed E-state index contributed by atoms with van der Waals surface area (Å²) in [6, 6.07) is 9.72. The van der Waals surface area contributed by atoms with Crippen LogP contribution in [0.3, 0.4) is 0 Å². The smallest absolute Gasteiger partial charge is 0.297 e. The van der Waals surface area contributed by atoms with Gasteiger partial charge in [0.25, 0.3) is 0 Å². The Morgan fingerprint density at radius 1 is 1.26 bits per heavy atom. The first kappa shape index (κ1) is 14.1. The topological polar surface area (TPSA) is 63.0 Å². The molecule has 0 saturated heterocycles. The Labute approximate surface area is 136 Å². The summed E-state index contributed by atoms with van der Waals surface area (Å²) < 4.78 is 1.38. The number of hydrogen-bond donors (Lipinski definition) is 1. The third-order valence-electron chi connectivity index (χ3n) is 3.77. The fourth-order valence-electron chi connectivity index (χ4n) is 2.80. The molecule has 0 radical (unpaired) electrons. The molecule has 0 unspecified atom stereocenters. The molecular formula is C17H16N4OS. The Morgan fingerprint density at radius 2 is 2.04 bits per heavy atom. The van der Waals surface area contributed by atoms with Crippen LogP contribution in [0.4, 0.5) is 0 Å². The molecule has 0 spiro atoms. The van der Waals surface area contributed by atoms with Crippen LogP contribution in [0, 0.1) is 5.92 Å². The Balaban J connectivity index is 2.02. The van der Waals surface area contributed by atoms with E-state index < -0.39 is 0 Å². The maximum absolute atomic E-state index is 12.3. The van der Waals surface area contributed by atoms with Crippen LogP contribution >= 0.6 is 11.3 Å². The Morgan fingerprint density at radius 3 is 2.78 bits per heavy atom. The van der Waals surface area contributed by atoms with E-state index in [0.29, 0.717) is 17.4 Å². The number of thiophene rings is 1. The summed E-state index contributed by atoms with van der Waals surface area (Å²) in [5, 5.41) is 7.52. The number of fused-ring (bicyclic) bond motifs is 3. The number of aromatic amines is 1. The number of rotatable bonds is 3. The predicted molar refractivity (Wildman–Crippen MR) is 93.0 cm³/mol. The molecular weight excluding hydrogens is 308 g/mol. The quantitative estimate of drug-likeness (QED) is 0.627. The molecule has 0 bridgehead atoms. The fourth-order valence-corrected chi connectivity index (χ4v) is 3.76. The van der Waals surface area contributed by atoms with E-state index in [1.807, 2.05) is 30.3 Å². The largest absolute Gasteiger partial charge is 0.349 e. The molecule has 5 nitrogen and oxygen atoms in total. The molecule has 1 N–H and O–H groups in total. The van der Waals surface area contributed by atoms with Gasteiger partial charge in [0.2, 0.25) is 0 Å². The van der Waals surface area contributed by atoms with Crippen LogP contribution < -0.4 is 5.69 Å². The first-order chi connectivity index (χ1) is 11.1. The first-order valence-electron chi connectivity index (χ1n) is 7.58. The summed E-state index contributed by atoms with van der Waals surface area (Å²) in [7, 11) is 0. The normalized spacial score (nSPS) is 11.8. The van der Waals surface area contributed by atoms with Crippen molar-refractivity contribution in [3.05, 3.63) is 51.8 Å². The summed E-state index contributed by atoms with van der Waals surface area (Å²) in [6.07, 6.45) is 0.954. The zero-order valence-electron chi connectivity index (χ0n) is 12.9. The third-order valence-corrected chi connectivity index (χ3v) is 4.72. The lowest BCUT2D eigenvalue weighted by Gasteiger charge is -2.03. The minimum atomic E-state index is -0.250. The number of nitrogens with one attached hydrogen (secondary N) is 1. The van der Waals surface area contributed by atoms with Crippen molar-refractivity contribution >= 4 is 27.2 Å². The third kappa shape index (κ3) is 2.35. The van der Waals surface area contributed by atoms with Crippen LogP contribution in [0.2, 0.25) is 0 Å². The second kappa shape index (κ2) is 5.31. The minimum Gasteiger partial charge on any atom is -0.297 e. The van der Waals surface area contributed by atoms with Gasteiger partial charge in [-0.25, -0.2) is 9.78 Å². The van der Waals surface area contributed by atoms with Gasteiger partial charge in [0.15, 0.2) is 11.5 Å². The molecule has 0 aliphatic carbocycles. The molecule has 0 aliphatic rings. The number of hydrogen-bond acceptors (Lipinski definition) is 4. The van der Waals surface area contributed by atoms with Gasteiger partial charge in [0.1, 0.15) is 4.83 Å². The lowest BCUT2D eigenvalue weighted by Crippen LogP contribution is -2.17. The maximum atomic E-state index is 12.3. The van der Waals surface area contributed by atoms with E-state index >= 15 is 0 Å². The van der Waals surface area contributed by atoms with Gasteiger partial charge in [-0.3, -0.25) is 4.98 Å². The molecule has 3 heterocycles. The molecule has 1 aromatic carbocycles. The Hall–Kier alpha value is -2.47. The van der Waals surface area contributed by atoms with Gasteiger partial charge in [-0.1, -0.05) is 44.2 Å². The van der Waals surface area contributed by atoms with Crippen LogP contribution in [-0.2, 0) is 6.42 Å². The van der Waals surface area contributed by atoms with E-state index in [1.165, 1.54) is 10.1 Å². The van der Waals surface area contributed by atoms with Crippen LogP contribution in [-0.4, -0.2) is 19.6 Å². The standard InChI is InChI=1S/C17H16N4OS/c1-10(2)8-12-9-23-16-13(12)15-18-14(11-6-4-3-5-7-11)20-21(15)17(22)19-16/h3-7,9-10H,8H2,1-2H3,(H,19,22). The lowest BCUT2D eigenvalue weighted by molar-refractivity contribution is 0.651. The molecule has 4 rings (SSSR count). The summed E-state index contributed by atoms with van der Waals surface area (Å²) in [5.74, 6) is 1.11. The van der Waals surface area contributed by atoms with Crippen LogP contribution in [0.5, 0.6) is 0 Å². The van der Waals surface area contributed by atoms with Gasteiger partial charge in [0.05, 0.1) is 5.39 Å². The van der Waals surface area contributed by atoms with Gasteiger partial charge >= 0.3 is 5.69 Å². The number of benzene rings is 1. The summed E-state index contributed by atoms with van der Waals surface area (Å²) in [5.41, 5.74) is 2.51. The van der Waals surface area contributed by atoms with Crippen molar-refractivity contribution in [1.29, 1.82) is 0 Å². The molecule has 0 aliphatic heterocycles. The molecule has 4 aromatic rings. The molecule has 23 heavy (non-hydrogen) atoms. The van der Waals surface area contributed by atoms with E-state index in [4.69, 9.17) is 0 Å². The Bertz CT molecular complexity index is 1040. The summed E-state index contributed by atoms with van der Waals surface area (Å²) >= 11 is 1.55. The van der Waals surface area contributed by atoms with Crippen molar-refractivity contribution in [3.8, 4) is 11.4 Å². The molecule has 0 fully saturated rings. The zero-order valence-corrected chi connectivity index (χ0v) is 13.7. The van der Waals surface area contributed by atoms with Crippen LogP contribution in [0.25, 0.3) is 27.3 Å². The number of aromatic nitrogens is 4. The van der Waals surface area contributed by atoms with Gasteiger partial charge in [-0.15, -0.1) is 16.4 Å². The van der Waals surface area contributed by atoms with Crippen molar-refractivity contribution < 1.29 is 0 Å². The molecule has 116 valence electrons. The van der Waals surface area contributed by atoms with E-state index in [9.17, 15) is 4.79 Å². The van der Waals surface area contributed by atoms with Gasteiger partial charge in [0, 0.05) is 5.56 Å². The van der Waals surface area contributed by atoms with Crippen molar-refractivity contribution in [2.45, 2.75) is 20.3 Å². The second-order valence-corrected chi connectivity index (χ2v) is 6.91. The van der Waals surface area contributed by atoms with Crippen LogP contribution in [0.1, 0.15) is 19.4 Å². The molecule has 3 aromatic heterocycles. The first-order valence-corrected chi connectivity index (χ1v) is 8.46. The highest BCUT2D eigenvalue weighted by Gasteiger charge is 2.16. The van der Waals surface area contributed by atoms with Crippen molar-refractivity contribution in [2.75, 3.05) is 0 Å². The average Bonchev–Trinajstić information content (AvgIpc) is 3.12. The van der Waals surface area contributed by atoms with E-state index in [-0.39, 0.29) is 5.69 Å². The number of nitrogens with zero attached hydrogens (tertiary/aromatic N) is 3. The summed E-state index contributed by atoms with van der Waals surface area (Å²) in [4.78, 5) is 20.7. The summed E-state index contributed by atoms with van der Waals surface area (Å²) in [6.45, 7) is 4.37. The monoisotopic (exact) mass is 324 g/mol. The SMILES string of the molecule is CC(C)Cc1csc2[nH]c(=O)n3nc(-c4ccccc4)nc3c12. The molecule has 0 saturated carbocycles.